The molecule has 2 aromatic carbocycles. The van der Waals surface area contributed by atoms with Gasteiger partial charge in [-0.25, -0.2) is 0 Å². The Morgan fingerprint density at radius 1 is 1.07 bits per heavy atom. The van der Waals surface area contributed by atoms with E-state index < -0.39 is 0 Å². The number of nitrogens with zero attached hydrogens (tertiary/aromatic N) is 1. The van der Waals surface area contributed by atoms with E-state index in [1.807, 2.05) is 48.5 Å². The number of aliphatic hydroxyl groups is 1. The second-order valence-corrected chi connectivity index (χ2v) is 7.55. The van der Waals surface area contributed by atoms with Crippen LogP contribution < -0.4 is 10.1 Å². The van der Waals surface area contributed by atoms with Gasteiger partial charge >= 0.3 is 0 Å². The van der Waals surface area contributed by atoms with Crippen LogP contribution in [0, 0.1) is 0 Å². The maximum absolute atomic E-state index is 12.5. The van der Waals surface area contributed by atoms with Gasteiger partial charge in [-0.1, -0.05) is 30.3 Å². The number of unbranched alkanes of at least 4 members (excludes halogenated alkanes) is 2. The van der Waals surface area contributed by atoms with Gasteiger partial charge < -0.3 is 20.1 Å². The molecule has 2 amide bonds. The van der Waals surface area contributed by atoms with Crippen LogP contribution in [-0.2, 0) is 22.6 Å². The number of hydrogen-bond donors (Lipinski definition) is 2. The molecule has 2 N–H and O–H groups in total. The Bertz CT molecular complexity index is 838. The van der Waals surface area contributed by atoms with E-state index >= 15 is 0 Å². The first-order valence-corrected chi connectivity index (χ1v) is 10.6. The lowest BCUT2D eigenvalue weighted by atomic mass is 10.0. The molecular weight excluding hydrogens is 380 g/mol. The number of aryl methyl sites for hydroxylation is 1. The van der Waals surface area contributed by atoms with Crippen LogP contribution in [0.4, 0.5) is 5.69 Å². The highest BCUT2D eigenvalue weighted by Gasteiger charge is 2.15. The number of fused-ring (bicyclic) bond motifs is 1. The van der Waals surface area contributed by atoms with Crippen molar-refractivity contribution in [3.63, 3.8) is 0 Å². The van der Waals surface area contributed by atoms with Crippen LogP contribution in [0.15, 0.2) is 48.5 Å². The van der Waals surface area contributed by atoms with Crippen LogP contribution in [0.25, 0.3) is 0 Å². The maximum Gasteiger partial charge on any atom is 0.224 e. The lowest BCUT2D eigenvalue weighted by Gasteiger charge is -2.22. The summed E-state index contributed by atoms with van der Waals surface area (Å²) in [5.74, 6) is 0.954. The first-order valence-electron chi connectivity index (χ1n) is 10.6. The van der Waals surface area contributed by atoms with E-state index in [1.165, 1.54) is 0 Å². The summed E-state index contributed by atoms with van der Waals surface area (Å²) >= 11 is 0. The van der Waals surface area contributed by atoms with Crippen molar-refractivity contribution in [2.24, 2.45) is 0 Å². The summed E-state index contributed by atoms with van der Waals surface area (Å²) in [5.41, 5.74) is 3.05. The second-order valence-electron chi connectivity index (χ2n) is 7.55. The zero-order chi connectivity index (χ0) is 21.2. The lowest BCUT2D eigenvalue weighted by Crippen LogP contribution is -2.32. The van der Waals surface area contributed by atoms with Crippen LogP contribution in [0.1, 0.15) is 43.2 Å². The number of ether oxygens (including phenoxy) is 1. The Hall–Kier alpha value is -2.86. The minimum absolute atomic E-state index is 0.0309. The zero-order valence-corrected chi connectivity index (χ0v) is 17.3. The molecule has 3 rings (SSSR count). The highest BCUT2D eigenvalue weighted by molar-refractivity contribution is 5.94. The molecule has 30 heavy (non-hydrogen) atoms. The van der Waals surface area contributed by atoms with Crippen LogP contribution in [-0.4, -0.2) is 41.6 Å². The summed E-state index contributed by atoms with van der Waals surface area (Å²) in [5, 5.41) is 12.1. The molecule has 1 aliphatic heterocycles. The molecule has 0 unspecified atom stereocenters. The number of anilines is 1. The highest BCUT2D eigenvalue weighted by atomic mass is 16.5. The number of hydrogen-bond acceptors (Lipinski definition) is 4. The molecule has 0 spiro atoms. The summed E-state index contributed by atoms with van der Waals surface area (Å²) in [7, 11) is 0. The summed E-state index contributed by atoms with van der Waals surface area (Å²) in [6.07, 6.45) is 4.32. The highest BCUT2D eigenvalue weighted by Crippen LogP contribution is 2.26. The Labute approximate surface area is 177 Å². The molecule has 160 valence electrons. The fourth-order valence-electron chi connectivity index (χ4n) is 3.57. The van der Waals surface area contributed by atoms with E-state index in [-0.39, 0.29) is 18.4 Å². The zero-order valence-electron chi connectivity index (χ0n) is 17.3. The summed E-state index contributed by atoms with van der Waals surface area (Å²) in [6.45, 7) is 1.46. The summed E-state index contributed by atoms with van der Waals surface area (Å²) < 4.78 is 5.83. The van der Waals surface area contributed by atoms with E-state index in [2.05, 4.69) is 5.32 Å². The third-order valence-corrected chi connectivity index (χ3v) is 5.21. The van der Waals surface area contributed by atoms with Gasteiger partial charge in [-0.05, 0) is 55.0 Å². The molecule has 0 bridgehead atoms. The summed E-state index contributed by atoms with van der Waals surface area (Å²) in [4.78, 5) is 25.6. The molecule has 0 aliphatic carbocycles. The Kier molecular flexibility index (Phi) is 8.27. The smallest absolute Gasteiger partial charge is 0.224 e. The molecule has 0 aromatic heterocycles. The fraction of sp³-hybridized carbons (Fsp3) is 0.417. The Morgan fingerprint density at radius 2 is 1.90 bits per heavy atom. The first kappa shape index (κ1) is 21.8. The predicted octanol–water partition coefficient (Wildman–Crippen LogP) is 3.53. The minimum atomic E-state index is -0.0309. The lowest BCUT2D eigenvalue weighted by molar-refractivity contribution is -0.132. The largest absolute Gasteiger partial charge is 0.494 e. The van der Waals surface area contributed by atoms with E-state index in [9.17, 15) is 14.7 Å². The standard InChI is InChI=1S/C24H30N2O4/c27-15-14-26(18-19-7-3-1-4-8-19)24(29)9-5-2-6-16-30-21-11-12-22-20(17-21)10-13-23(28)25-22/h1,3-4,7-8,11-12,17,27H,2,5-6,9-10,13-16,18H2,(H,25,28). The molecule has 2 aromatic rings. The van der Waals surface area contributed by atoms with E-state index in [4.69, 9.17) is 4.74 Å². The van der Waals surface area contributed by atoms with E-state index in [1.54, 1.807) is 4.90 Å². The molecule has 0 saturated carbocycles. The van der Waals surface area contributed by atoms with Crippen LogP contribution >= 0.6 is 0 Å². The van der Waals surface area contributed by atoms with E-state index in [0.717, 1.165) is 48.2 Å². The summed E-state index contributed by atoms with van der Waals surface area (Å²) in [6, 6.07) is 15.6. The molecule has 1 heterocycles. The third-order valence-electron chi connectivity index (χ3n) is 5.21. The molecule has 6 heteroatoms. The van der Waals surface area contributed by atoms with Crippen molar-refractivity contribution in [3.8, 4) is 5.75 Å². The predicted molar refractivity (Wildman–Crippen MR) is 116 cm³/mol. The van der Waals surface area contributed by atoms with E-state index in [0.29, 0.717) is 32.5 Å². The van der Waals surface area contributed by atoms with Crippen molar-refractivity contribution in [1.82, 2.24) is 4.90 Å². The molecule has 0 fully saturated rings. The molecule has 1 aliphatic rings. The monoisotopic (exact) mass is 410 g/mol. The average Bonchev–Trinajstić information content (AvgIpc) is 2.76. The SMILES string of the molecule is O=C1CCc2cc(OCCCCCC(=O)N(CCO)Cc3ccccc3)ccc2N1. The number of aliphatic hydroxyl groups excluding tert-OH is 1. The van der Waals surface area contributed by atoms with Gasteiger partial charge in [0.15, 0.2) is 0 Å². The topological polar surface area (TPSA) is 78.9 Å². The molecule has 6 nitrogen and oxygen atoms in total. The molecule has 0 radical (unpaired) electrons. The number of carbonyl (C=O) groups is 2. The van der Waals surface area contributed by atoms with Crippen molar-refractivity contribution in [2.75, 3.05) is 25.1 Å². The van der Waals surface area contributed by atoms with Crippen LogP contribution in [0.2, 0.25) is 0 Å². The van der Waals surface area contributed by atoms with Gasteiger partial charge in [-0.2, -0.15) is 0 Å². The van der Waals surface area contributed by atoms with Crippen molar-refractivity contribution in [1.29, 1.82) is 0 Å². The number of nitrogens with one attached hydrogen (secondary N) is 1. The van der Waals surface area contributed by atoms with Crippen LogP contribution in [0.3, 0.4) is 0 Å². The van der Waals surface area contributed by atoms with Crippen molar-refractivity contribution in [3.05, 3.63) is 59.7 Å². The van der Waals surface area contributed by atoms with Crippen LogP contribution in [0.5, 0.6) is 5.75 Å². The van der Waals surface area contributed by atoms with Gasteiger partial charge in [0.1, 0.15) is 5.75 Å². The minimum Gasteiger partial charge on any atom is -0.494 e. The van der Waals surface area contributed by atoms with Crippen molar-refractivity contribution in [2.45, 2.75) is 45.1 Å². The van der Waals surface area contributed by atoms with Crippen molar-refractivity contribution >= 4 is 17.5 Å². The van der Waals surface area contributed by atoms with Gasteiger partial charge in [-0.3, -0.25) is 9.59 Å². The normalized spacial score (nSPS) is 12.8. The number of carbonyl (C=O) groups excluding carboxylic acids is 2. The molecule has 0 saturated heterocycles. The number of rotatable bonds is 11. The fourth-order valence-corrected chi connectivity index (χ4v) is 3.57. The first-order chi connectivity index (χ1) is 14.7. The van der Waals surface area contributed by atoms with Gasteiger partial charge in [0.05, 0.1) is 13.2 Å². The van der Waals surface area contributed by atoms with Crippen molar-refractivity contribution < 1.29 is 19.4 Å². The molecular formula is C24H30N2O4. The number of amides is 2. The number of benzene rings is 2. The van der Waals surface area contributed by atoms with Gasteiger partial charge in [0.25, 0.3) is 0 Å². The average molecular weight is 411 g/mol. The van der Waals surface area contributed by atoms with Gasteiger partial charge in [-0.15, -0.1) is 0 Å². The third kappa shape index (κ3) is 6.59. The Balaban J connectivity index is 1.35. The molecule has 0 atom stereocenters. The van der Waals surface area contributed by atoms with Gasteiger partial charge in [0.2, 0.25) is 11.8 Å². The Morgan fingerprint density at radius 3 is 2.70 bits per heavy atom. The quantitative estimate of drug-likeness (QED) is 0.556. The van der Waals surface area contributed by atoms with Gasteiger partial charge in [0, 0.05) is 31.6 Å². The maximum atomic E-state index is 12.5. The second kappa shape index (κ2) is 11.4.